The summed E-state index contributed by atoms with van der Waals surface area (Å²) in [4.78, 5) is 22.1. The first-order valence-electron chi connectivity index (χ1n) is 5.21. The summed E-state index contributed by atoms with van der Waals surface area (Å²) in [5.74, 6) is -0.413. The fourth-order valence-electron chi connectivity index (χ4n) is 1.71. The Labute approximate surface area is 98.0 Å². The van der Waals surface area contributed by atoms with Gasteiger partial charge in [-0.25, -0.2) is 4.79 Å². The number of primary amides is 1. The summed E-state index contributed by atoms with van der Waals surface area (Å²) in [7, 11) is 0. The van der Waals surface area contributed by atoms with Crippen LogP contribution in [0.2, 0.25) is 0 Å². The van der Waals surface area contributed by atoms with Gasteiger partial charge in [0, 0.05) is 0 Å². The number of nitrogens with zero attached hydrogens (tertiary/aromatic N) is 1. The van der Waals surface area contributed by atoms with Crippen LogP contribution in [0.4, 0.5) is 4.79 Å². The van der Waals surface area contributed by atoms with E-state index in [4.69, 9.17) is 16.7 Å². The first-order chi connectivity index (χ1) is 8.03. The van der Waals surface area contributed by atoms with Gasteiger partial charge in [-0.1, -0.05) is 11.6 Å². The molecule has 8 nitrogen and oxygen atoms in total. The second-order valence-electron chi connectivity index (χ2n) is 3.84. The summed E-state index contributed by atoms with van der Waals surface area (Å²) < 4.78 is 4.46. The molecule has 0 bridgehead atoms. The van der Waals surface area contributed by atoms with Crippen molar-refractivity contribution in [2.24, 2.45) is 22.0 Å². The van der Waals surface area contributed by atoms with Crippen LogP contribution in [0.1, 0.15) is 19.3 Å². The molecule has 6 N–H and O–H groups in total. The zero-order valence-electron chi connectivity index (χ0n) is 9.31. The number of hydrogen-bond acceptors (Lipinski definition) is 5. The first-order valence-corrected chi connectivity index (χ1v) is 5.21. The van der Waals surface area contributed by atoms with Crippen LogP contribution >= 0.6 is 0 Å². The number of hydrogen-bond donors (Lipinski definition) is 4. The fraction of sp³-hybridized carbons (Fsp3) is 0.667. The average molecular weight is 244 g/mol. The van der Waals surface area contributed by atoms with E-state index in [-0.39, 0.29) is 24.9 Å². The van der Waals surface area contributed by atoms with Crippen LogP contribution in [0.25, 0.3) is 0 Å². The first kappa shape index (κ1) is 13.1. The molecular formula is C9H16N4O4. The highest BCUT2D eigenvalue weighted by atomic mass is 16.5. The number of nitrogens with one attached hydrogen (secondary N) is 1. The van der Waals surface area contributed by atoms with Gasteiger partial charge < -0.3 is 26.7 Å². The van der Waals surface area contributed by atoms with Crippen LogP contribution in [0, 0.1) is 5.41 Å². The number of nitrogens with two attached hydrogens (primary N) is 2. The lowest BCUT2D eigenvalue weighted by Gasteiger charge is -2.38. The molecule has 0 unspecified atom stereocenters. The van der Waals surface area contributed by atoms with Gasteiger partial charge >= 0.3 is 6.09 Å². The second kappa shape index (κ2) is 5.37. The molecule has 8 heteroatoms. The third-order valence-corrected chi connectivity index (χ3v) is 2.87. The molecule has 0 saturated heterocycles. The van der Waals surface area contributed by atoms with Gasteiger partial charge in [-0.05, 0) is 12.8 Å². The Hall–Kier alpha value is -1.99. The smallest absolute Gasteiger partial charge is 0.404 e. The van der Waals surface area contributed by atoms with Crippen molar-refractivity contribution in [2.75, 3.05) is 13.2 Å². The molecule has 2 amide bonds. The number of amides is 2. The van der Waals surface area contributed by atoms with Gasteiger partial charge in [0.15, 0.2) is 5.84 Å². The molecule has 1 saturated carbocycles. The third kappa shape index (κ3) is 2.77. The van der Waals surface area contributed by atoms with Crippen molar-refractivity contribution in [1.29, 1.82) is 0 Å². The molecule has 1 fully saturated rings. The molecule has 0 spiro atoms. The van der Waals surface area contributed by atoms with Gasteiger partial charge in [0.25, 0.3) is 0 Å². The third-order valence-electron chi connectivity index (χ3n) is 2.87. The highest BCUT2D eigenvalue weighted by Crippen LogP contribution is 2.41. The Bertz CT molecular complexity index is 338. The number of amidine groups is 1. The molecule has 0 heterocycles. The Morgan fingerprint density at radius 2 is 2.06 bits per heavy atom. The van der Waals surface area contributed by atoms with Crippen LogP contribution in [0.5, 0.6) is 0 Å². The van der Waals surface area contributed by atoms with Crippen molar-refractivity contribution < 1.29 is 19.5 Å². The SMILES string of the molecule is NC(=O)OCCNC(=O)C1(C(N)=NO)CCC1. The van der Waals surface area contributed by atoms with Crippen LogP contribution in [-0.2, 0) is 9.53 Å². The van der Waals surface area contributed by atoms with Crippen LogP contribution in [-0.4, -0.2) is 36.2 Å². The molecule has 0 aromatic carbocycles. The quantitative estimate of drug-likeness (QED) is 0.163. The van der Waals surface area contributed by atoms with Crippen molar-refractivity contribution in [3.05, 3.63) is 0 Å². The summed E-state index contributed by atoms with van der Waals surface area (Å²) in [6, 6.07) is 0. The zero-order chi connectivity index (χ0) is 12.9. The maximum absolute atomic E-state index is 11.8. The van der Waals surface area contributed by atoms with E-state index in [0.717, 1.165) is 6.42 Å². The van der Waals surface area contributed by atoms with Crippen molar-refractivity contribution in [1.82, 2.24) is 5.32 Å². The van der Waals surface area contributed by atoms with Gasteiger partial charge in [-0.2, -0.15) is 0 Å². The minimum absolute atomic E-state index is 0.00662. The number of carbonyl (C=O) groups is 2. The lowest BCUT2D eigenvalue weighted by molar-refractivity contribution is -0.131. The molecule has 17 heavy (non-hydrogen) atoms. The van der Waals surface area contributed by atoms with E-state index in [1.54, 1.807) is 0 Å². The normalized spacial score (nSPS) is 18.0. The van der Waals surface area contributed by atoms with Gasteiger partial charge in [0.1, 0.15) is 12.0 Å². The summed E-state index contributed by atoms with van der Waals surface area (Å²) in [5, 5.41) is 14.1. The minimum Gasteiger partial charge on any atom is -0.448 e. The molecule has 0 aromatic heterocycles. The standard InChI is InChI=1S/C9H16N4O4/c10-6(13-16)9(2-1-3-9)7(14)12-4-5-17-8(11)15/h16H,1-5H2,(H2,10,13)(H2,11,15)(H,12,14). The van der Waals surface area contributed by atoms with Crippen molar-refractivity contribution in [3.63, 3.8) is 0 Å². The lowest BCUT2D eigenvalue weighted by atomic mass is 9.67. The zero-order valence-corrected chi connectivity index (χ0v) is 9.31. The van der Waals surface area contributed by atoms with Crippen molar-refractivity contribution in [2.45, 2.75) is 19.3 Å². The monoisotopic (exact) mass is 244 g/mol. The molecule has 0 radical (unpaired) electrons. The van der Waals surface area contributed by atoms with E-state index < -0.39 is 11.5 Å². The van der Waals surface area contributed by atoms with Crippen molar-refractivity contribution in [3.8, 4) is 0 Å². The lowest BCUT2D eigenvalue weighted by Crippen LogP contribution is -2.54. The maximum atomic E-state index is 11.8. The molecular weight excluding hydrogens is 228 g/mol. The molecule has 1 rings (SSSR count). The summed E-state index contributed by atoms with van der Waals surface area (Å²) in [5.41, 5.74) is 9.34. The summed E-state index contributed by atoms with van der Waals surface area (Å²) >= 11 is 0. The van der Waals surface area contributed by atoms with Crippen LogP contribution in [0.3, 0.4) is 0 Å². The molecule has 0 atom stereocenters. The number of ether oxygens (including phenoxy) is 1. The van der Waals surface area contributed by atoms with Gasteiger partial charge in [-0.15, -0.1) is 0 Å². The highest BCUT2D eigenvalue weighted by molar-refractivity contribution is 6.07. The predicted molar refractivity (Wildman–Crippen MR) is 58.2 cm³/mol. The molecule has 1 aliphatic carbocycles. The Morgan fingerprint density at radius 1 is 1.41 bits per heavy atom. The molecule has 96 valence electrons. The largest absolute Gasteiger partial charge is 0.448 e. The van der Waals surface area contributed by atoms with E-state index in [2.05, 4.69) is 15.2 Å². The van der Waals surface area contributed by atoms with E-state index >= 15 is 0 Å². The van der Waals surface area contributed by atoms with Gasteiger partial charge in [-0.3, -0.25) is 4.79 Å². The fourth-order valence-corrected chi connectivity index (χ4v) is 1.71. The minimum atomic E-state index is -0.915. The van der Waals surface area contributed by atoms with E-state index in [1.807, 2.05) is 0 Å². The van der Waals surface area contributed by atoms with Gasteiger partial charge in [0.05, 0.1) is 6.54 Å². The average Bonchev–Trinajstić information content (AvgIpc) is 2.22. The summed E-state index contributed by atoms with van der Waals surface area (Å²) in [6.45, 7) is 0.134. The Kier molecular flexibility index (Phi) is 4.13. The predicted octanol–water partition coefficient (Wildman–Crippen LogP) is -0.885. The topological polar surface area (TPSA) is 140 Å². The summed E-state index contributed by atoms with van der Waals surface area (Å²) in [6.07, 6.45) is 1.05. The molecule has 0 aromatic rings. The Balaban J connectivity index is 2.43. The van der Waals surface area contributed by atoms with Crippen LogP contribution < -0.4 is 16.8 Å². The second-order valence-corrected chi connectivity index (χ2v) is 3.84. The Morgan fingerprint density at radius 3 is 2.47 bits per heavy atom. The van der Waals surface area contributed by atoms with Gasteiger partial charge in [0.2, 0.25) is 5.91 Å². The maximum Gasteiger partial charge on any atom is 0.404 e. The van der Waals surface area contributed by atoms with Crippen LogP contribution in [0.15, 0.2) is 5.16 Å². The highest BCUT2D eigenvalue weighted by Gasteiger charge is 2.48. The van der Waals surface area contributed by atoms with Crippen molar-refractivity contribution >= 4 is 17.8 Å². The number of rotatable bonds is 5. The number of oxime groups is 1. The van der Waals surface area contributed by atoms with E-state index in [9.17, 15) is 9.59 Å². The van der Waals surface area contributed by atoms with E-state index in [1.165, 1.54) is 0 Å². The molecule has 0 aliphatic heterocycles. The van der Waals surface area contributed by atoms with E-state index in [0.29, 0.717) is 12.8 Å². The number of carbonyl (C=O) groups excluding carboxylic acids is 2. The molecule has 1 aliphatic rings.